The van der Waals surface area contributed by atoms with Crippen molar-refractivity contribution in [2.45, 2.75) is 25.7 Å². The minimum Gasteiger partial charge on any atom is -1.00 e. The molecule has 0 atom stereocenters. The summed E-state index contributed by atoms with van der Waals surface area (Å²) >= 11 is 0. The second kappa shape index (κ2) is 23.2. The topological polar surface area (TPSA) is 17.1 Å². The predicted octanol–water partition coefficient (Wildman–Crippen LogP) is -3.51. The molecule has 0 bridgehead atoms. The average Bonchev–Trinajstić information content (AvgIpc) is 1.90. The standard InChI is InChI=1S/C8H12.CH2O.Co.2HI/c1-2-4-6-8-7-5-3-1;1-2;;;/h1-2,7-8H,3-6H2;1H2;;2*1H/q;;+2;;/p-2/b2-1-,8-7?;;;;. The van der Waals surface area contributed by atoms with E-state index in [2.05, 4.69) is 24.3 Å². The van der Waals surface area contributed by atoms with Crippen molar-refractivity contribution in [3.63, 3.8) is 0 Å². The Bertz CT molecular complexity index is 101. The number of halogens is 2. The minimum absolute atomic E-state index is 0. The summed E-state index contributed by atoms with van der Waals surface area (Å²) in [5.74, 6) is 0. The monoisotopic (exact) mass is 451 g/mol. The molecule has 0 amide bonds. The van der Waals surface area contributed by atoms with Crippen LogP contribution >= 0.6 is 0 Å². The van der Waals surface area contributed by atoms with Gasteiger partial charge in [0, 0.05) is 0 Å². The van der Waals surface area contributed by atoms with E-state index in [-0.39, 0.29) is 64.7 Å². The number of hydrogen-bond donors (Lipinski definition) is 0. The van der Waals surface area contributed by atoms with Gasteiger partial charge in [-0.1, -0.05) is 24.3 Å². The molecule has 1 radical (unpaired) electrons. The van der Waals surface area contributed by atoms with Crippen LogP contribution in [0, 0.1) is 0 Å². The molecule has 1 nitrogen and oxygen atoms in total. The smallest absolute Gasteiger partial charge is 1.00 e. The molecule has 0 saturated carbocycles. The van der Waals surface area contributed by atoms with Gasteiger partial charge in [0.25, 0.3) is 0 Å². The second-order valence-corrected chi connectivity index (χ2v) is 2.10. The Labute approximate surface area is 125 Å². The summed E-state index contributed by atoms with van der Waals surface area (Å²) in [6.45, 7) is 2.00. The molecule has 1 aliphatic rings. The minimum atomic E-state index is 0. The molecule has 0 aliphatic heterocycles. The maximum Gasteiger partial charge on any atom is 2.00 e. The van der Waals surface area contributed by atoms with Crippen molar-refractivity contribution in [3.8, 4) is 0 Å². The first-order chi connectivity index (χ1) is 5.00. The third-order valence-electron chi connectivity index (χ3n) is 1.33. The normalized spacial score (nSPS) is 15.1. The second-order valence-electron chi connectivity index (χ2n) is 2.10. The van der Waals surface area contributed by atoms with E-state index < -0.39 is 0 Å². The molecule has 0 aromatic carbocycles. The first-order valence-corrected chi connectivity index (χ1v) is 3.59. The summed E-state index contributed by atoms with van der Waals surface area (Å²) in [6, 6.07) is 0. The number of rotatable bonds is 0. The summed E-state index contributed by atoms with van der Waals surface area (Å²) in [4.78, 5) is 8.00. The van der Waals surface area contributed by atoms with Gasteiger partial charge < -0.3 is 52.7 Å². The van der Waals surface area contributed by atoms with Gasteiger partial charge in [0.2, 0.25) is 0 Å². The maximum absolute atomic E-state index is 8.00. The van der Waals surface area contributed by atoms with E-state index in [4.69, 9.17) is 4.79 Å². The number of carbonyl (C=O) groups is 1. The quantitative estimate of drug-likeness (QED) is 0.276. The fraction of sp³-hybridized carbons (Fsp3) is 0.444. The molecule has 0 unspecified atom stereocenters. The van der Waals surface area contributed by atoms with Crippen LogP contribution in [0.3, 0.4) is 0 Å². The molecular weight excluding hydrogens is 437 g/mol. The van der Waals surface area contributed by atoms with E-state index >= 15 is 0 Å². The van der Waals surface area contributed by atoms with E-state index in [9.17, 15) is 0 Å². The Balaban J connectivity index is -0.0000000761. The number of allylic oxidation sites excluding steroid dienone is 4. The zero-order chi connectivity index (χ0) is 7.66. The van der Waals surface area contributed by atoms with Crippen molar-refractivity contribution >= 4 is 6.79 Å². The van der Waals surface area contributed by atoms with E-state index in [0.29, 0.717) is 0 Å². The Kier molecular flexibility index (Phi) is 42.3. The van der Waals surface area contributed by atoms with Gasteiger partial charge in [0.05, 0.1) is 0 Å². The molecule has 0 spiro atoms. The van der Waals surface area contributed by atoms with Gasteiger partial charge in [-0.3, -0.25) is 0 Å². The van der Waals surface area contributed by atoms with Crippen molar-refractivity contribution in [1.29, 1.82) is 0 Å². The molecule has 13 heavy (non-hydrogen) atoms. The molecule has 0 aromatic rings. The predicted molar refractivity (Wildman–Crippen MR) is 43.9 cm³/mol. The van der Waals surface area contributed by atoms with Gasteiger partial charge >= 0.3 is 16.8 Å². The van der Waals surface area contributed by atoms with Crippen LogP contribution < -0.4 is 48.0 Å². The third kappa shape index (κ3) is 19.5. The molecule has 1 aliphatic carbocycles. The van der Waals surface area contributed by atoms with Gasteiger partial charge in [0.1, 0.15) is 6.79 Å². The van der Waals surface area contributed by atoms with Gasteiger partial charge in [-0.25, -0.2) is 0 Å². The summed E-state index contributed by atoms with van der Waals surface area (Å²) < 4.78 is 0. The Morgan fingerprint density at radius 1 is 0.692 bits per heavy atom. The average molecular weight is 451 g/mol. The Hall–Kier alpha value is 1.12. The van der Waals surface area contributed by atoms with Crippen LogP contribution in [0.4, 0.5) is 0 Å². The largest absolute Gasteiger partial charge is 2.00 e. The molecule has 0 fully saturated rings. The summed E-state index contributed by atoms with van der Waals surface area (Å²) in [5, 5.41) is 0. The Morgan fingerprint density at radius 2 is 0.846 bits per heavy atom. The molecule has 0 saturated heterocycles. The maximum atomic E-state index is 8.00. The van der Waals surface area contributed by atoms with Crippen LogP contribution in [0.25, 0.3) is 0 Å². The molecule has 0 aromatic heterocycles. The first-order valence-electron chi connectivity index (χ1n) is 3.59. The van der Waals surface area contributed by atoms with Crippen LogP contribution in [0.2, 0.25) is 0 Å². The fourth-order valence-corrected chi connectivity index (χ4v) is 0.856. The molecule has 1 rings (SSSR count). The molecule has 4 heteroatoms. The van der Waals surface area contributed by atoms with Crippen LogP contribution in [-0.4, -0.2) is 6.79 Å². The van der Waals surface area contributed by atoms with Crippen LogP contribution in [0.15, 0.2) is 24.3 Å². The van der Waals surface area contributed by atoms with Gasteiger partial charge in [-0.15, -0.1) is 0 Å². The van der Waals surface area contributed by atoms with Crippen molar-refractivity contribution in [1.82, 2.24) is 0 Å². The van der Waals surface area contributed by atoms with Gasteiger partial charge in [-0.2, -0.15) is 0 Å². The number of hydrogen-bond acceptors (Lipinski definition) is 1. The fourth-order valence-electron chi connectivity index (χ4n) is 0.856. The van der Waals surface area contributed by atoms with E-state index in [1.54, 1.807) is 0 Å². The third-order valence-corrected chi connectivity index (χ3v) is 1.33. The molecule has 0 N–H and O–H groups in total. The SMILES string of the molecule is C1=CCC/C=C\CC1.C=O.[Co+2].[I-].[I-]. The molecular formula is C9H14CoI2O. The van der Waals surface area contributed by atoms with E-state index in [1.165, 1.54) is 25.7 Å². The molecule has 79 valence electrons. The summed E-state index contributed by atoms with van der Waals surface area (Å²) in [7, 11) is 0. The molecule has 0 heterocycles. The summed E-state index contributed by atoms with van der Waals surface area (Å²) in [6.07, 6.45) is 14.0. The van der Waals surface area contributed by atoms with Crippen molar-refractivity contribution in [2.24, 2.45) is 0 Å². The zero-order valence-corrected chi connectivity index (χ0v) is 12.7. The van der Waals surface area contributed by atoms with Crippen molar-refractivity contribution in [2.75, 3.05) is 0 Å². The van der Waals surface area contributed by atoms with Crippen LogP contribution in [-0.2, 0) is 21.6 Å². The first kappa shape index (κ1) is 23.7. The Morgan fingerprint density at radius 3 is 1.00 bits per heavy atom. The summed E-state index contributed by atoms with van der Waals surface area (Å²) in [5.41, 5.74) is 0. The van der Waals surface area contributed by atoms with E-state index in [0.717, 1.165) is 0 Å². The van der Waals surface area contributed by atoms with Gasteiger partial charge in [0.15, 0.2) is 0 Å². The zero-order valence-electron chi connectivity index (χ0n) is 7.34. The van der Waals surface area contributed by atoms with Crippen molar-refractivity contribution in [3.05, 3.63) is 24.3 Å². The number of carbonyl (C=O) groups excluding carboxylic acids is 1. The van der Waals surface area contributed by atoms with Crippen molar-refractivity contribution < 1.29 is 69.5 Å². The van der Waals surface area contributed by atoms with Crippen LogP contribution in [0.1, 0.15) is 25.7 Å². The van der Waals surface area contributed by atoms with Crippen LogP contribution in [0.5, 0.6) is 0 Å². The van der Waals surface area contributed by atoms with Gasteiger partial charge in [-0.05, 0) is 25.7 Å². The van der Waals surface area contributed by atoms with E-state index in [1.807, 2.05) is 6.79 Å².